The van der Waals surface area contributed by atoms with Crippen molar-refractivity contribution in [2.24, 2.45) is 0 Å². The molecule has 0 bridgehead atoms. The smallest absolute Gasteiger partial charge is 0.0480 e. The lowest BCUT2D eigenvalue weighted by Gasteiger charge is -2.20. The molecule has 2 nitrogen and oxygen atoms in total. The van der Waals surface area contributed by atoms with Gasteiger partial charge in [-0.05, 0) is 38.6 Å². The van der Waals surface area contributed by atoms with Crippen LogP contribution in [0, 0.1) is 0 Å². The third-order valence-electron chi connectivity index (χ3n) is 3.08. The molecule has 0 aromatic carbocycles. The van der Waals surface area contributed by atoms with E-state index in [2.05, 4.69) is 18.3 Å². The lowest BCUT2D eigenvalue weighted by atomic mass is 9.99. The first-order valence-corrected chi connectivity index (χ1v) is 6.29. The number of hydrogen-bond donors (Lipinski definition) is 1. The standard InChI is InChI=1S/C13H25NO/c1-3-14-13(10-11-15-2)12-8-6-4-5-7-9-12/h8,13-14H,3-7,9-11H2,1-2H3. The van der Waals surface area contributed by atoms with Crippen LogP contribution in [0.25, 0.3) is 0 Å². The summed E-state index contributed by atoms with van der Waals surface area (Å²) in [5, 5.41) is 3.57. The second kappa shape index (κ2) is 7.89. The fourth-order valence-corrected chi connectivity index (χ4v) is 2.26. The molecule has 88 valence electrons. The molecule has 0 spiro atoms. The van der Waals surface area contributed by atoms with E-state index in [4.69, 9.17) is 4.74 Å². The number of hydrogen-bond acceptors (Lipinski definition) is 2. The van der Waals surface area contributed by atoms with Gasteiger partial charge in [0.05, 0.1) is 0 Å². The van der Waals surface area contributed by atoms with Crippen LogP contribution < -0.4 is 5.32 Å². The highest BCUT2D eigenvalue weighted by Crippen LogP contribution is 2.21. The molecule has 1 aliphatic rings. The maximum absolute atomic E-state index is 5.17. The Balaban J connectivity index is 2.47. The fourth-order valence-electron chi connectivity index (χ4n) is 2.26. The Kier molecular flexibility index (Phi) is 6.69. The third-order valence-corrected chi connectivity index (χ3v) is 3.08. The van der Waals surface area contributed by atoms with Gasteiger partial charge >= 0.3 is 0 Å². The van der Waals surface area contributed by atoms with Crippen molar-refractivity contribution in [1.29, 1.82) is 0 Å². The van der Waals surface area contributed by atoms with E-state index in [0.717, 1.165) is 19.6 Å². The van der Waals surface area contributed by atoms with Crippen LogP contribution in [0.2, 0.25) is 0 Å². The van der Waals surface area contributed by atoms with Gasteiger partial charge in [0, 0.05) is 19.8 Å². The van der Waals surface area contributed by atoms with Crippen LogP contribution >= 0.6 is 0 Å². The quantitative estimate of drug-likeness (QED) is 0.682. The zero-order valence-corrected chi connectivity index (χ0v) is 10.2. The molecule has 0 fully saturated rings. The topological polar surface area (TPSA) is 21.3 Å². The molecule has 0 aromatic rings. The van der Waals surface area contributed by atoms with E-state index < -0.39 is 0 Å². The van der Waals surface area contributed by atoms with Crippen LogP contribution in [0.15, 0.2) is 11.6 Å². The van der Waals surface area contributed by atoms with Gasteiger partial charge in [0.2, 0.25) is 0 Å². The Morgan fingerprint density at radius 3 is 3.00 bits per heavy atom. The molecule has 1 aliphatic carbocycles. The largest absolute Gasteiger partial charge is 0.385 e. The van der Waals surface area contributed by atoms with Crippen molar-refractivity contribution in [2.75, 3.05) is 20.3 Å². The molecule has 15 heavy (non-hydrogen) atoms. The number of allylic oxidation sites excluding steroid dienone is 1. The van der Waals surface area contributed by atoms with Crippen molar-refractivity contribution < 1.29 is 4.74 Å². The zero-order chi connectivity index (χ0) is 10.9. The van der Waals surface area contributed by atoms with Crippen molar-refractivity contribution in [1.82, 2.24) is 5.32 Å². The van der Waals surface area contributed by atoms with Gasteiger partial charge in [-0.1, -0.05) is 25.0 Å². The van der Waals surface area contributed by atoms with Gasteiger partial charge in [-0.2, -0.15) is 0 Å². The highest BCUT2D eigenvalue weighted by Gasteiger charge is 2.13. The first-order chi connectivity index (χ1) is 7.38. The van der Waals surface area contributed by atoms with Gasteiger partial charge in [0.25, 0.3) is 0 Å². The number of likely N-dealkylation sites (N-methyl/N-ethyl adjacent to an activating group) is 1. The normalized spacial score (nSPS) is 19.5. The summed E-state index contributed by atoms with van der Waals surface area (Å²) >= 11 is 0. The van der Waals surface area contributed by atoms with Crippen molar-refractivity contribution >= 4 is 0 Å². The van der Waals surface area contributed by atoms with Crippen LogP contribution in [0.3, 0.4) is 0 Å². The number of methoxy groups -OCH3 is 1. The van der Waals surface area contributed by atoms with Gasteiger partial charge in [0.1, 0.15) is 0 Å². The minimum atomic E-state index is 0.549. The summed E-state index contributed by atoms with van der Waals surface area (Å²) in [6.07, 6.45) is 10.2. The van der Waals surface area contributed by atoms with E-state index in [1.165, 1.54) is 32.1 Å². The Morgan fingerprint density at radius 1 is 1.40 bits per heavy atom. The van der Waals surface area contributed by atoms with Crippen LogP contribution in [0.5, 0.6) is 0 Å². The van der Waals surface area contributed by atoms with Crippen LogP contribution in [-0.4, -0.2) is 26.3 Å². The van der Waals surface area contributed by atoms with E-state index in [1.54, 1.807) is 12.7 Å². The molecule has 0 amide bonds. The second-order valence-electron chi connectivity index (χ2n) is 4.27. The van der Waals surface area contributed by atoms with E-state index >= 15 is 0 Å². The summed E-state index contributed by atoms with van der Waals surface area (Å²) < 4.78 is 5.17. The van der Waals surface area contributed by atoms with Crippen molar-refractivity contribution in [3.8, 4) is 0 Å². The van der Waals surface area contributed by atoms with Gasteiger partial charge in [-0.3, -0.25) is 0 Å². The number of rotatable bonds is 6. The summed E-state index contributed by atoms with van der Waals surface area (Å²) in [6, 6.07) is 0.549. The summed E-state index contributed by atoms with van der Waals surface area (Å²) in [6.45, 7) is 4.08. The number of nitrogens with one attached hydrogen (secondary N) is 1. The molecular formula is C13H25NO. The molecule has 0 aromatic heterocycles. The van der Waals surface area contributed by atoms with Crippen molar-refractivity contribution in [2.45, 2.75) is 51.5 Å². The fraction of sp³-hybridized carbons (Fsp3) is 0.846. The average molecular weight is 211 g/mol. The molecule has 0 aliphatic heterocycles. The van der Waals surface area contributed by atoms with Gasteiger partial charge in [-0.15, -0.1) is 0 Å². The Hall–Kier alpha value is -0.340. The predicted octanol–water partition coefficient (Wildman–Crippen LogP) is 2.89. The minimum Gasteiger partial charge on any atom is -0.385 e. The van der Waals surface area contributed by atoms with E-state index in [0.29, 0.717) is 6.04 Å². The molecule has 2 heteroatoms. The Morgan fingerprint density at radius 2 is 2.27 bits per heavy atom. The predicted molar refractivity (Wildman–Crippen MR) is 65.1 cm³/mol. The third kappa shape index (κ3) is 4.80. The summed E-state index contributed by atoms with van der Waals surface area (Å²) in [5.41, 5.74) is 1.62. The number of ether oxygens (including phenoxy) is 1. The maximum atomic E-state index is 5.17. The summed E-state index contributed by atoms with van der Waals surface area (Å²) in [7, 11) is 1.78. The van der Waals surface area contributed by atoms with E-state index in [1.807, 2.05) is 0 Å². The van der Waals surface area contributed by atoms with Gasteiger partial charge < -0.3 is 10.1 Å². The van der Waals surface area contributed by atoms with Crippen LogP contribution in [0.1, 0.15) is 45.4 Å². The molecule has 1 unspecified atom stereocenters. The van der Waals surface area contributed by atoms with Crippen LogP contribution in [-0.2, 0) is 4.74 Å². The summed E-state index contributed by atoms with van der Waals surface area (Å²) in [5.74, 6) is 0. The molecule has 0 heterocycles. The molecule has 1 rings (SSSR count). The molecular weight excluding hydrogens is 186 g/mol. The van der Waals surface area contributed by atoms with Crippen molar-refractivity contribution in [3.05, 3.63) is 11.6 Å². The highest BCUT2D eigenvalue weighted by atomic mass is 16.5. The lowest BCUT2D eigenvalue weighted by Crippen LogP contribution is -2.32. The summed E-state index contributed by atoms with van der Waals surface area (Å²) in [4.78, 5) is 0. The van der Waals surface area contributed by atoms with Crippen LogP contribution in [0.4, 0.5) is 0 Å². The zero-order valence-electron chi connectivity index (χ0n) is 10.2. The molecule has 1 N–H and O–H groups in total. The molecule has 0 saturated heterocycles. The highest BCUT2D eigenvalue weighted by molar-refractivity contribution is 5.12. The van der Waals surface area contributed by atoms with Gasteiger partial charge in [-0.25, -0.2) is 0 Å². The van der Waals surface area contributed by atoms with E-state index in [9.17, 15) is 0 Å². The maximum Gasteiger partial charge on any atom is 0.0480 e. The average Bonchev–Trinajstić information content (AvgIpc) is 2.52. The Bertz CT molecular complexity index is 189. The minimum absolute atomic E-state index is 0.549. The van der Waals surface area contributed by atoms with E-state index in [-0.39, 0.29) is 0 Å². The monoisotopic (exact) mass is 211 g/mol. The Labute approximate surface area is 94.1 Å². The van der Waals surface area contributed by atoms with Crippen molar-refractivity contribution in [3.63, 3.8) is 0 Å². The molecule has 0 saturated carbocycles. The lowest BCUT2D eigenvalue weighted by molar-refractivity contribution is 0.186. The molecule has 1 atom stereocenters. The molecule has 0 radical (unpaired) electrons. The first kappa shape index (κ1) is 12.7. The van der Waals surface area contributed by atoms with Gasteiger partial charge in [0.15, 0.2) is 0 Å². The SMILES string of the molecule is CCNC(CCOC)C1=CCCCCC1. The second-order valence-corrected chi connectivity index (χ2v) is 4.27. The first-order valence-electron chi connectivity index (χ1n) is 6.29.